The molecule has 1 unspecified atom stereocenters. The van der Waals surface area contributed by atoms with Gasteiger partial charge in [0, 0.05) is 44.0 Å². The van der Waals surface area contributed by atoms with Crippen molar-refractivity contribution in [3.63, 3.8) is 0 Å². The highest BCUT2D eigenvalue weighted by Crippen LogP contribution is 2.34. The second-order valence-electron chi connectivity index (χ2n) is 14.0. The Labute approximate surface area is 313 Å². The average Bonchev–Trinajstić information content (AvgIpc) is 3.41. The van der Waals surface area contributed by atoms with Gasteiger partial charge in [-0.25, -0.2) is 0 Å². The van der Waals surface area contributed by atoms with Crippen molar-refractivity contribution in [3.8, 4) is 17.0 Å². The summed E-state index contributed by atoms with van der Waals surface area (Å²) in [7, 11) is 0. The van der Waals surface area contributed by atoms with E-state index >= 15 is 0 Å². The van der Waals surface area contributed by atoms with Crippen molar-refractivity contribution in [1.29, 1.82) is 0 Å². The monoisotopic (exact) mass is 738 g/mol. The second-order valence-corrected chi connectivity index (χ2v) is 14.0. The number of anilines is 3. The summed E-state index contributed by atoms with van der Waals surface area (Å²) >= 11 is 0. The summed E-state index contributed by atoms with van der Waals surface area (Å²) in [4.78, 5) is 78.6. The summed E-state index contributed by atoms with van der Waals surface area (Å²) in [5.41, 5.74) is 8.47. The fourth-order valence-electron chi connectivity index (χ4n) is 7.32. The molecule has 2 fully saturated rings. The molecule has 6 rings (SSSR count). The first-order valence-electron chi connectivity index (χ1n) is 18.7. The predicted octanol–water partition coefficient (Wildman–Crippen LogP) is 4.07. The van der Waals surface area contributed by atoms with E-state index in [0.717, 1.165) is 62.0 Å². The molecule has 3 aliphatic rings. The van der Waals surface area contributed by atoms with E-state index in [1.54, 1.807) is 30.3 Å². The predicted molar refractivity (Wildman–Crippen MR) is 200 cm³/mol. The van der Waals surface area contributed by atoms with Crippen LogP contribution in [0.3, 0.4) is 0 Å². The first-order valence-corrected chi connectivity index (χ1v) is 18.7. The van der Waals surface area contributed by atoms with Gasteiger partial charge in [0.05, 0.1) is 28.2 Å². The zero-order valence-electron chi connectivity index (χ0n) is 30.1. The van der Waals surface area contributed by atoms with Crippen LogP contribution in [-0.4, -0.2) is 80.8 Å². The van der Waals surface area contributed by atoms with Crippen LogP contribution in [0.15, 0.2) is 48.5 Å². The number of para-hydroxylation sites is 1. The number of carbonyl (C=O) groups excluding carboxylic acids is 6. The standard InChI is InChI=1S/C39H46N8O7/c40-36-30(23-28(44-45-36)25-11-8-9-14-31(25)48)46-21-19-24(20-22-46)41-32(49)15-6-4-2-1-3-5-7-16-33(50)42-27-13-10-12-26-35(27)39(54)47(38(26)53)29-17-18-34(51)43-37(29)52/h8-14,23-24,29,48H,1-7,15-22H2,(H2,40,45)(H,41,49)(H,42,50)(H,43,51,52). The summed E-state index contributed by atoms with van der Waals surface area (Å²) in [6.07, 6.45) is 8.63. The zero-order valence-corrected chi connectivity index (χ0v) is 30.1. The quantitative estimate of drug-likeness (QED) is 0.111. The minimum atomic E-state index is -1.07. The number of piperidine rings is 2. The molecule has 1 aromatic heterocycles. The van der Waals surface area contributed by atoms with Crippen LogP contribution in [-0.2, 0) is 19.2 Å². The molecule has 0 saturated carbocycles. The average molecular weight is 739 g/mol. The molecule has 2 aromatic carbocycles. The Morgan fingerprint density at radius 3 is 2.19 bits per heavy atom. The van der Waals surface area contributed by atoms with Gasteiger partial charge in [-0.1, -0.05) is 50.3 Å². The van der Waals surface area contributed by atoms with Gasteiger partial charge in [-0.2, -0.15) is 0 Å². The van der Waals surface area contributed by atoms with Gasteiger partial charge in [0.25, 0.3) is 11.8 Å². The van der Waals surface area contributed by atoms with E-state index in [4.69, 9.17) is 5.73 Å². The second kappa shape index (κ2) is 17.3. The highest BCUT2D eigenvalue weighted by molar-refractivity contribution is 6.26. The van der Waals surface area contributed by atoms with E-state index in [0.29, 0.717) is 43.0 Å². The number of carbonyl (C=O) groups is 6. The number of nitrogens with one attached hydrogen (secondary N) is 3. The third-order valence-electron chi connectivity index (χ3n) is 10.2. The molecule has 3 aliphatic heterocycles. The summed E-state index contributed by atoms with van der Waals surface area (Å²) in [5, 5.41) is 26.6. The van der Waals surface area contributed by atoms with Crippen molar-refractivity contribution < 1.29 is 33.9 Å². The van der Waals surface area contributed by atoms with Gasteiger partial charge in [0.2, 0.25) is 23.6 Å². The maximum Gasteiger partial charge on any atom is 0.264 e. The molecular formula is C39H46N8O7. The van der Waals surface area contributed by atoms with Crippen LogP contribution in [0.1, 0.15) is 104 Å². The molecular weight excluding hydrogens is 692 g/mol. The van der Waals surface area contributed by atoms with Crippen molar-refractivity contribution in [1.82, 2.24) is 25.7 Å². The minimum Gasteiger partial charge on any atom is -0.507 e. The number of phenols is 1. The molecule has 0 spiro atoms. The van der Waals surface area contributed by atoms with Crippen molar-refractivity contribution in [2.75, 3.05) is 29.0 Å². The molecule has 0 aliphatic carbocycles. The number of hydrogen-bond donors (Lipinski definition) is 5. The number of unbranched alkanes of at least 4 members (excludes halogenated alkanes) is 6. The number of nitrogen functional groups attached to an aromatic ring is 1. The Hall–Kier alpha value is -5.86. The SMILES string of the molecule is Nc1nnc(-c2ccccc2O)cc1N1CCC(NC(=O)CCCCCCCCCC(=O)Nc2cccc3c2C(=O)N(C2CCC(=O)NC2=O)C3=O)CC1. The van der Waals surface area contributed by atoms with E-state index < -0.39 is 29.7 Å². The van der Waals surface area contributed by atoms with Crippen molar-refractivity contribution >= 4 is 52.6 Å². The molecule has 54 heavy (non-hydrogen) atoms. The molecule has 4 heterocycles. The molecule has 284 valence electrons. The van der Waals surface area contributed by atoms with Crippen molar-refractivity contribution in [2.24, 2.45) is 0 Å². The lowest BCUT2D eigenvalue weighted by Gasteiger charge is -2.34. The Bertz CT molecular complexity index is 1930. The number of aromatic nitrogens is 2. The first kappa shape index (κ1) is 37.9. The van der Waals surface area contributed by atoms with Crippen molar-refractivity contribution in [3.05, 3.63) is 59.7 Å². The van der Waals surface area contributed by atoms with Crippen LogP contribution < -0.4 is 26.6 Å². The van der Waals surface area contributed by atoms with Gasteiger partial charge in [-0.05, 0) is 62.4 Å². The van der Waals surface area contributed by atoms with Crippen molar-refractivity contribution in [2.45, 2.75) is 95.6 Å². The molecule has 0 bridgehead atoms. The zero-order chi connectivity index (χ0) is 38.2. The number of phenolic OH excluding ortho intramolecular Hbond substituents is 1. The number of rotatable bonds is 15. The molecule has 6 amide bonds. The number of nitrogens with two attached hydrogens (primary N) is 1. The third-order valence-corrected chi connectivity index (χ3v) is 10.2. The Kier molecular flexibility index (Phi) is 12.1. The molecule has 2 saturated heterocycles. The van der Waals surface area contributed by atoms with Gasteiger partial charge in [0.1, 0.15) is 11.8 Å². The Morgan fingerprint density at radius 2 is 1.48 bits per heavy atom. The smallest absolute Gasteiger partial charge is 0.264 e. The Balaban J connectivity index is 0.831. The van der Waals surface area contributed by atoms with E-state index in [9.17, 15) is 33.9 Å². The number of amides is 6. The van der Waals surface area contributed by atoms with Gasteiger partial charge in [0.15, 0.2) is 5.82 Å². The summed E-state index contributed by atoms with van der Waals surface area (Å²) < 4.78 is 0. The van der Waals surface area contributed by atoms with Crippen LogP contribution in [0.4, 0.5) is 17.2 Å². The van der Waals surface area contributed by atoms with Crippen LogP contribution >= 0.6 is 0 Å². The largest absolute Gasteiger partial charge is 0.507 e. The lowest BCUT2D eigenvalue weighted by atomic mass is 10.0. The van der Waals surface area contributed by atoms with Gasteiger partial charge < -0.3 is 26.4 Å². The van der Waals surface area contributed by atoms with E-state index in [-0.39, 0.29) is 59.7 Å². The number of benzene rings is 2. The van der Waals surface area contributed by atoms with Gasteiger partial charge >= 0.3 is 0 Å². The lowest BCUT2D eigenvalue weighted by Crippen LogP contribution is -2.54. The number of hydrogen-bond acceptors (Lipinski definition) is 11. The highest BCUT2D eigenvalue weighted by Gasteiger charge is 2.45. The van der Waals surface area contributed by atoms with E-state index in [1.807, 2.05) is 12.1 Å². The molecule has 15 heteroatoms. The maximum atomic E-state index is 13.2. The minimum absolute atomic E-state index is 0.0292. The van der Waals surface area contributed by atoms with Crippen LogP contribution in [0, 0.1) is 0 Å². The summed E-state index contributed by atoms with van der Waals surface area (Å²) in [6, 6.07) is 12.5. The Morgan fingerprint density at radius 1 is 0.815 bits per heavy atom. The third kappa shape index (κ3) is 8.84. The van der Waals surface area contributed by atoms with Crippen LogP contribution in [0.5, 0.6) is 5.75 Å². The van der Waals surface area contributed by atoms with Gasteiger partial charge in [-0.3, -0.25) is 39.0 Å². The van der Waals surface area contributed by atoms with E-state index in [1.165, 1.54) is 6.07 Å². The first-order chi connectivity index (χ1) is 26.1. The molecule has 6 N–H and O–H groups in total. The molecule has 0 radical (unpaired) electrons. The highest BCUT2D eigenvalue weighted by atomic mass is 16.3. The topological polar surface area (TPSA) is 217 Å². The fraction of sp³-hybridized carbons (Fsp3) is 0.436. The van der Waals surface area contributed by atoms with Crippen LogP contribution in [0.25, 0.3) is 11.3 Å². The molecule has 15 nitrogen and oxygen atoms in total. The number of imide groups is 2. The number of nitrogens with zero attached hydrogens (tertiary/aromatic N) is 4. The number of aromatic hydroxyl groups is 1. The normalized spacial score (nSPS) is 17.4. The summed E-state index contributed by atoms with van der Waals surface area (Å²) in [5.74, 6) is -2.16. The maximum absolute atomic E-state index is 13.2. The van der Waals surface area contributed by atoms with Gasteiger partial charge in [-0.15, -0.1) is 10.2 Å². The molecule has 1 atom stereocenters. The van der Waals surface area contributed by atoms with Crippen LogP contribution in [0.2, 0.25) is 0 Å². The fourth-order valence-corrected chi connectivity index (χ4v) is 7.32. The number of fused-ring (bicyclic) bond motifs is 1. The van der Waals surface area contributed by atoms with E-state index in [2.05, 4.69) is 31.0 Å². The molecule has 3 aromatic rings. The lowest BCUT2D eigenvalue weighted by molar-refractivity contribution is -0.136. The summed E-state index contributed by atoms with van der Waals surface area (Å²) in [6.45, 7) is 1.42.